The van der Waals surface area contributed by atoms with E-state index in [1.165, 1.54) is 6.33 Å². The highest BCUT2D eigenvalue weighted by Crippen LogP contribution is 2.31. The summed E-state index contributed by atoms with van der Waals surface area (Å²) in [7, 11) is 0. The Morgan fingerprint density at radius 1 is 1.25 bits per heavy atom. The van der Waals surface area contributed by atoms with Gasteiger partial charge in [-0.15, -0.1) is 0 Å². The maximum Gasteiger partial charge on any atom is 0.252 e. The van der Waals surface area contributed by atoms with E-state index in [9.17, 15) is 4.79 Å². The third-order valence-corrected chi connectivity index (χ3v) is 2.45. The van der Waals surface area contributed by atoms with Crippen molar-refractivity contribution in [2.24, 2.45) is 5.73 Å². The molecule has 0 spiro atoms. The van der Waals surface area contributed by atoms with Crippen molar-refractivity contribution in [3.05, 3.63) is 36.2 Å². The minimum Gasteiger partial charge on any atom is -0.476 e. The average Bonchev–Trinajstić information content (AvgIpc) is 2.44. The number of nitrogen functional groups attached to an aromatic ring is 1. The molecule has 104 valence electrons. The van der Waals surface area contributed by atoms with Crippen LogP contribution in [0.25, 0.3) is 0 Å². The molecule has 2 aromatic rings. The van der Waals surface area contributed by atoms with Gasteiger partial charge in [-0.1, -0.05) is 12.1 Å². The first-order valence-corrected chi connectivity index (χ1v) is 5.93. The molecule has 1 heterocycles. The number of ether oxygens (including phenoxy) is 2. The minimum absolute atomic E-state index is 0.108. The number of primary amides is 1. The molecule has 0 saturated heterocycles. The molecular weight excluding hydrogens is 260 g/mol. The molecule has 4 N–H and O–H groups in total. The molecular formula is C13H14N4O3. The number of anilines is 1. The summed E-state index contributed by atoms with van der Waals surface area (Å²) >= 11 is 0. The lowest BCUT2D eigenvalue weighted by atomic mass is 10.2. The Hall–Kier alpha value is -2.83. The number of amides is 1. The predicted molar refractivity (Wildman–Crippen MR) is 72.6 cm³/mol. The zero-order valence-corrected chi connectivity index (χ0v) is 10.9. The molecule has 1 aromatic heterocycles. The van der Waals surface area contributed by atoms with E-state index in [2.05, 4.69) is 9.97 Å². The number of aromatic nitrogens is 2. The summed E-state index contributed by atoms with van der Waals surface area (Å²) in [6.45, 7) is 2.23. The first-order chi connectivity index (χ1) is 9.63. The second kappa shape index (κ2) is 5.87. The predicted octanol–water partition coefficient (Wildman–Crippen LogP) is 1.35. The Kier molecular flexibility index (Phi) is 3.99. The van der Waals surface area contributed by atoms with Crippen LogP contribution in [0.2, 0.25) is 0 Å². The summed E-state index contributed by atoms with van der Waals surface area (Å²) < 4.78 is 10.8. The largest absolute Gasteiger partial charge is 0.476 e. The summed E-state index contributed by atoms with van der Waals surface area (Å²) in [5.41, 5.74) is 11.5. The van der Waals surface area contributed by atoms with Crippen LogP contribution in [0.1, 0.15) is 17.3 Å². The van der Waals surface area contributed by atoms with Crippen LogP contribution in [0.3, 0.4) is 0 Å². The highest BCUT2D eigenvalue weighted by Gasteiger charge is 2.14. The van der Waals surface area contributed by atoms with Crippen molar-refractivity contribution in [1.29, 1.82) is 0 Å². The molecule has 0 aliphatic rings. The van der Waals surface area contributed by atoms with Gasteiger partial charge < -0.3 is 20.9 Å². The summed E-state index contributed by atoms with van der Waals surface area (Å²) in [6.07, 6.45) is 1.27. The first kappa shape index (κ1) is 13.6. The smallest absolute Gasteiger partial charge is 0.252 e. The van der Waals surface area contributed by atoms with E-state index >= 15 is 0 Å². The van der Waals surface area contributed by atoms with E-state index in [-0.39, 0.29) is 28.8 Å². The van der Waals surface area contributed by atoms with Crippen LogP contribution in [0.5, 0.6) is 17.5 Å². The molecule has 0 unspecified atom stereocenters. The van der Waals surface area contributed by atoms with Crippen LogP contribution < -0.4 is 20.9 Å². The summed E-state index contributed by atoms with van der Waals surface area (Å²) in [5.74, 6) is 0.0114. The van der Waals surface area contributed by atoms with Crippen LogP contribution in [0.4, 0.5) is 5.69 Å². The number of nitrogens with zero attached hydrogens (tertiary/aromatic N) is 2. The Morgan fingerprint density at radius 3 is 2.65 bits per heavy atom. The molecule has 7 nitrogen and oxygen atoms in total. The first-order valence-electron chi connectivity index (χ1n) is 5.93. The maximum atomic E-state index is 11.3. The Balaban J connectivity index is 2.36. The van der Waals surface area contributed by atoms with E-state index in [0.717, 1.165) is 0 Å². The average molecular weight is 274 g/mol. The van der Waals surface area contributed by atoms with Crippen LogP contribution in [-0.2, 0) is 0 Å². The van der Waals surface area contributed by atoms with Crippen molar-refractivity contribution in [3.63, 3.8) is 0 Å². The fourth-order valence-corrected chi connectivity index (χ4v) is 1.56. The molecule has 1 amide bonds. The maximum absolute atomic E-state index is 11.3. The topological polar surface area (TPSA) is 113 Å². The van der Waals surface area contributed by atoms with Gasteiger partial charge in [-0.2, -0.15) is 9.97 Å². The molecule has 20 heavy (non-hydrogen) atoms. The SMILES string of the molecule is CCOc1ncnc(Oc2ccccc2C(N)=O)c1N. The highest BCUT2D eigenvalue weighted by atomic mass is 16.5. The van der Waals surface area contributed by atoms with Gasteiger partial charge in [-0.05, 0) is 19.1 Å². The fourth-order valence-electron chi connectivity index (χ4n) is 1.56. The minimum atomic E-state index is -0.599. The van der Waals surface area contributed by atoms with Gasteiger partial charge in [-0.3, -0.25) is 4.79 Å². The van der Waals surface area contributed by atoms with Crippen molar-refractivity contribution < 1.29 is 14.3 Å². The fraction of sp³-hybridized carbons (Fsp3) is 0.154. The van der Waals surface area contributed by atoms with Gasteiger partial charge in [0.05, 0.1) is 12.2 Å². The number of carbonyl (C=O) groups is 1. The van der Waals surface area contributed by atoms with E-state index in [1.807, 2.05) is 6.92 Å². The normalized spacial score (nSPS) is 10.1. The summed E-state index contributed by atoms with van der Waals surface area (Å²) in [5, 5.41) is 0. The van der Waals surface area contributed by atoms with Gasteiger partial charge in [-0.25, -0.2) is 0 Å². The van der Waals surface area contributed by atoms with Crippen LogP contribution in [0, 0.1) is 0 Å². The van der Waals surface area contributed by atoms with Crippen molar-refractivity contribution in [3.8, 4) is 17.5 Å². The summed E-state index contributed by atoms with van der Waals surface area (Å²) in [4.78, 5) is 19.1. The molecule has 7 heteroatoms. The molecule has 0 atom stereocenters. The number of hydrogen-bond donors (Lipinski definition) is 2. The van der Waals surface area contributed by atoms with Crippen molar-refractivity contribution in [1.82, 2.24) is 9.97 Å². The van der Waals surface area contributed by atoms with Gasteiger partial charge in [0.2, 0.25) is 11.8 Å². The molecule has 0 aliphatic carbocycles. The zero-order chi connectivity index (χ0) is 14.5. The highest BCUT2D eigenvalue weighted by molar-refractivity contribution is 5.95. The molecule has 0 fully saturated rings. The number of carbonyl (C=O) groups excluding carboxylic acids is 1. The molecule has 0 aliphatic heterocycles. The van der Waals surface area contributed by atoms with Crippen molar-refractivity contribution >= 4 is 11.6 Å². The van der Waals surface area contributed by atoms with Crippen LogP contribution in [-0.4, -0.2) is 22.5 Å². The Bertz CT molecular complexity index is 631. The van der Waals surface area contributed by atoms with Gasteiger partial charge in [0.15, 0.2) is 5.69 Å². The quantitative estimate of drug-likeness (QED) is 0.850. The monoisotopic (exact) mass is 274 g/mol. The van der Waals surface area contributed by atoms with Crippen LogP contribution in [0.15, 0.2) is 30.6 Å². The number of hydrogen-bond acceptors (Lipinski definition) is 6. The summed E-state index contributed by atoms with van der Waals surface area (Å²) in [6, 6.07) is 6.55. The van der Waals surface area contributed by atoms with E-state index < -0.39 is 5.91 Å². The second-order valence-electron chi connectivity index (χ2n) is 3.79. The lowest BCUT2D eigenvalue weighted by Gasteiger charge is -2.11. The van der Waals surface area contributed by atoms with Gasteiger partial charge in [0.1, 0.15) is 12.1 Å². The van der Waals surface area contributed by atoms with E-state index in [1.54, 1.807) is 24.3 Å². The molecule has 2 rings (SSSR count). The third-order valence-electron chi connectivity index (χ3n) is 2.45. The molecule has 0 saturated carbocycles. The van der Waals surface area contributed by atoms with Gasteiger partial charge >= 0.3 is 0 Å². The molecule has 0 bridgehead atoms. The molecule has 0 radical (unpaired) electrons. The van der Waals surface area contributed by atoms with Crippen molar-refractivity contribution in [2.75, 3.05) is 12.3 Å². The van der Waals surface area contributed by atoms with Gasteiger partial charge in [0, 0.05) is 0 Å². The lowest BCUT2D eigenvalue weighted by Crippen LogP contribution is -2.12. The van der Waals surface area contributed by atoms with E-state index in [0.29, 0.717) is 6.61 Å². The van der Waals surface area contributed by atoms with Crippen molar-refractivity contribution in [2.45, 2.75) is 6.92 Å². The Morgan fingerprint density at radius 2 is 1.95 bits per heavy atom. The number of benzene rings is 1. The standard InChI is InChI=1S/C13H14N4O3/c1-2-19-12-10(14)13(17-7-16-12)20-9-6-4-3-5-8(9)11(15)18/h3-7H,2,14H2,1H3,(H2,15,18). The van der Waals surface area contributed by atoms with Gasteiger partial charge in [0.25, 0.3) is 5.91 Å². The zero-order valence-electron chi connectivity index (χ0n) is 10.9. The third kappa shape index (κ3) is 2.77. The second-order valence-corrected chi connectivity index (χ2v) is 3.79. The number of rotatable bonds is 5. The number of nitrogens with two attached hydrogens (primary N) is 2. The lowest BCUT2D eigenvalue weighted by molar-refractivity contribution is 0.0998. The number of para-hydroxylation sites is 1. The Labute approximate surface area is 115 Å². The van der Waals surface area contributed by atoms with E-state index in [4.69, 9.17) is 20.9 Å². The van der Waals surface area contributed by atoms with Crippen LogP contribution >= 0.6 is 0 Å². The molecule has 1 aromatic carbocycles.